The molecule has 6 heteroatoms. The topological polar surface area (TPSA) is 47.6 Å². The van der Waals surface area contributed by atoms with Crippen molar-refractivity contribution in [3.05, 3.63) is 28.2 Å². The molecule has 0 saturated heterocycles. The number of hydrogen-bond acceptors (Lipinski definition) is 3. The number of halogens is 2. The van der Waals surface area contributed by atoms with Crippen molar-refractivity contribution in [2.75, 3.05) is 13.7 Å². The number of hydrogen-bond donors (Lipinski definition) is 1. The molecule has 0 aliphatic rings. The number of terminal acetylenes is 1. The minimum absolute atomic E-state index is 0.0661. The summed E-state index contributed by atoms with van der Waals surface area (Å²) in [5.74, 6) is 2.48. The molecule has 0 spiro atoms. The van der Waals surface area contributed by atoms with Gasteiger partial charge in [-0.15, -0.1) is 6.42 Å². The number of nitrogens with one attached hydrogen (secondary N) is 1. The van der Waals surface area contributed by atoms with Crippen LogP contribution in [0, 0.1) is 12.3 Å². The van der Waals surface area contributed by atoms with Crippen molar-refractivity contribution in [3.8, 4) is 18.1 Å². The fraction of sp³-hybridized carbons (Fsp3) is 0.400. The molecule has 0 aliphatic heterocycles. The van der Waals surface area contributed by atoms with Gasteiger partial charge in [0.1, 0.15) is 5.75 Å². The highest BCUT2D eigenvalue weighted by atomic mass is 35.5. The summed E-state index contributed by atoms with van der Waals surface area (Å²) in [5, 5.41) is 3.52. The van der Waals surface area contributed by atoms with E-state index in [-0.39, 0.29) is 12.5 Å². The molecule has 114 valence electrons. The SMILES string of the molecule is C#CC(C)(C)NC(=O)C(COC)Oc1cc(Cl)cc(Cl)c1. The molecule has 4 nitrogen and oxygen atoms in total. The summed E-state index contributed by atoms with van der Waals surface area (Å²) in [7, 11) is 1.47. The van der Waals surface area contributed by atoms with Gasteiger partial charge in [-0.2, -0.15) is 0 Å². The molecule has 1 aromatic rings. The van der Waals surface area contributed by atoms with E-state index >= 15 is 0 Å². The largest absolute Gasteiger partial charge is 0.478 e. The van der Waals surface area contributed by atoms with Gasteiger partial charge in [-0.25, -0.2) is 0 Å². The van der Waals surface area contributed by atoms with Gasteiger partial charge in [0, 0.05) is 17.2 Å². The van der Waals surface area contributed by atoms with E-state index in [9.17, 15) is 4.79 Å². The second-order valence-electron chi connectivity index (χ2n) is 4.93. The lowest BCUT2D eigenvalue weighted by molar-refractivity contribution is -0.131. The first kappa shape index (κ1) is 17.6. The van der Waals surface area contributed by atoms with Gasteiger partial charge in [0.15, 0.2) is 6.10 Å². The Hall–Kier alpha value is -1.41. The molecule has 1 unspecified atom stereocenters. The highest BCUT2D eigenvalue weighted by Crippen LogP contribution is 2.25. The van der Waals surface area contributed by atoms with Crippen LogP contribution in [0.15, 0.2) is 18.2 Å². The number of benzene rings is 1. The van der Waals surface area contributed by atoms with Crippen LogP contribution in [0.3, 0.4) is 0 Å². The van der Waals surface area contributed by atoms with Crippen LogP contribution in [0.4, 0.5) is 0 Å². The van der Waals surface area contributed by atoms with Gasteiger partial charge in [-0.3, -0.25) is 4.79 Å². The number of amides is 1. The van der Waals surface area contributed by atoms with Crippen LogP contribution in [0.25, 0.3) is 0 Å². The first-order chi connectivity index (χ1) is 9.77. The maximum Gasteiger partial charge on any atom is 0.264 e. The van der Waals surface area contributed by atoms with E-state index in [0.717, 1.165) is 0 Å². The predicted octanol–water partition coefficient (Wildman–Crippen LogP) is 2.92. The molecule has 0 fully saturated rings. The maximum absolute atomic E-state index is 12.2. The van der Waals surface area contributed by atoms with Crippen molar-refractivity contribution in [2.24, 2.45) is 0 Å². The minimum Gasteiger partial charge on any atom is -0.478 e. The Kier molecular flexibility index (Phi) is 6.35. The quantitative estimate of drug-likeness (QED) is 0.816. The summed E-state index contributed by atoms with van der Waals surface area (Å²) in [6, 6.07) is 4.70. The molecular weight excluding hydrogens is 313 g/mol. The van der Waals surface area contributed by atoms with Crippen molar-refractivity contribution in [1.82, 2.24) is 5.32 Å². The molecule has 21 heavy (non-hydrogen) atoms. The highest BCUT2D eigenvalue weighted by molar-refractivity contribution is 6.34. The summed E-state index contributed by atoms with van der Waals surface area (Å²) < 4.78 is 10.6. The van der Waals surface area contributed by atoms with E-state index in [1.54, 1.807) is 32.0 Å². The third-order valence-corrected chi connectivity index (χ3v) is 2.96. The lowest BCUT2D eigenvalue weighted by Crippen LogP contribution is -2.50. The Morgan fingerprint density at radius 3 is 2.43 bits per heavy atom. The Labute approximate surface area is 134 Å². The number of rotatable bonds is 6. The number of carbonyl (C=O) groups excluding carboxylic acids is 1. The van der Waals surface area contributed by atoms with E-state index in [1.807, 2.05) is 0 Å². The normalized spacial score (nSPS) is 12.4. The van der Waals surface area contributed by atoms with Crippen molar-refractivity contribution < 1.29 is 14.3 Å². The summed E-state index contributed by atoms with van der Waals surface area (Å²) in [4.78, 5) is 12.2. The van der Waals surface area contributed by atoms with Gasteiger partial charge >= 0.3 is 0 Å². The molecular formula is C15H17Cl2NO3. The molecule has 0 bridgehead atoms. The average Bonchev–Trinajstić information content (AvgIpc) is 2.36. The van der Waals surface area contributed by atoms with Crippen molar-refractivity contribution in [3.63, 3.8) is 0 Å². The fourth-order valence-electron chi connectivity index (χ4n) is 1.50. The predicted molar refractivity (Wildman–Crippen MR) is 83.8 cm³/mol. The zero-order valence-electron chi connectivity index (χ0n) is 12.1. The molecule has 1 amide bonds. The third-order valence-electron chi connectivity index (χ3n) is 2.52. The second kappa shape index (κ2) is 7.56. The Balaban J connectivity index is 2.87. The minimum atomic E-state index is -0.864. The van der Waals surface area contributed by atoms with Gasteiger partial charge in [0.25, 0.3) is 5.91 Å². The van der Waals surface area contributed by atoms with Gasteiger partial charge in [0.05, 0.1) is 12.1 Å². The van der Waals surface area contributed by atoms with Crippen LogP contribution < -0.4 is 10.1 Å². The molecule has 1 N–H and O–H groups in total. The number of methoxy groups -OCH3 is 1. The van der Waals surface area contributed by atoms with E-state index in [1.165, 1.54) is 7.11 Å². The average molecular weight is 330 g/mol. The fourth-order valence-corrected chi connectivity index (χ4v) is 2.01. The molecule has 0 saturated carbocycles. The van der Waals surface area contributed by atoms with Gasteiger partial charge in [0.2, 0.25) is 0 Å². The van der Waals surface area contributed by atoms with Crippen molar-refractivity contribution in [1.29, 1.82) is 0 Å². The van der Waals surface area contributed by atoms with Crippen LogP contribution in [0.1, 0.15) is 13.8 Å². The number of ether oxygens (including phenoxy) is 2. The van der Waals surface area contributed by atoms with Gasteiger partial charge in [-0.05, 0) is 32.0 Å². The summed E-state index contributed by atoms with van der Waals surface area (Å²) in [6.07, 6.45) is 4.49. The van der Waals surface area contributed by atoms with Crippen LogP contribution >= 0.6 is 23.2 Å². The monoisotopic (exact) mass is 329 g/mol. The zero-order valence-corrected chi connectivity index (χ0v) is 13.6. The van der Waals surface area contributed by atoms with Crippen molar-refractivity contribution in [2.45, 2.75) is 25.5 Å². The molecule has 1 atom stereocenters. The van der Waals surface area contributed by atoms with Gasteiger partial charge < -0.3 is 14.8 Å². The van der Waals surface area contributed by atoms with Crippen LogP contribution in [0.2, 0.25) is 10.0 Å². The Morgan fingerprint density at radius 1 is 1.38 bits per heavy atom. The molecule has 0 aliphatic carbocycles. The van der Waals surface area contributed by atoms with E-state index in [4.69, 9.17) is 39.1 Å². The van der Waals surface area contributed by atoms with Crippen LogP contribution in [0.5, 0.6) is 5.75 Å². The second-order valence-corrected chi connectivity index (χ2v) is 5.80. The smallest absolute Gasteiger partial charge is 0.264 e. The summed E-state index contributed by atoms with van der Waals surface area (Å²) in [5.41, 5.74) is -0.779. The van der Waals surface area contributed by atoms with Crippen LogP contribution in [-0.4, -0.2) is 31.3 Å². The number of carbonyl (C=O) groups is 1. The van der Waals surface area contributed by atoms with E-state index in [2.05, 4.69) is 11.2 Å². The molecule has 1 aromatic carbocycles. The molecule has 0 aromatic heterocycles. The highest BCUT2D eigenvalue weighted by Gasteiger charge is 2.26. The molecule has 1 rings (SSSR count). The van der Waals surface area contributed by atoms with E-state index in [0.29, 0.717) is 15.8 Å². The van der Waals surface area contributed by atoms with Gasteiger partial charge in [-0.1, -0.05) is 29.1 Å². The van der Waals surface area contributed by atoms with Crippen LogP contribution in [-0.2, 0) is 9.53 Å². The summed E-state index contributed by atoms with van der Waals surface area (Å²) >= 11 is 11.8. The molecule has 0 radical (unpaired) electrons. The standard InChI is InChI=1S/C15H17Cl2NO3/c1-5-15(2,3)18-14(19)13(9-20-4)21-12-7-10(16)6-11(17)8-12/h1,6-8,13H,9H2,2-4H3,(H,18,19). The molecule has 0 heterocycles. The third kappa shape index (κ3) is 5.84. The zero-order chi connectivity index (χ0) is 16.0. The summed E-state index contributed by atoms with van der Waals surface area (Å²) in [6.45, 7) is 3.49. The Morgan fingerprint density at radius 2 is 1.95 bits per heavy atom. The Bertz CT molecular complexity index is 532. The lowest BCUT2D eigenvalue weighted by atomic mass is 10.1. The first-order valence-corrected chi connectivity index (χ1v) is 6.94. The lowest BCUT2D eigenvalue weighted by Gasteiger charge is -2.24. The maximum atomic E-state index is 12.2. The van der Waals surface area contributed by atoms with E-state index < -0.39 is 11.6 Å². The van der Waals surface area contributed by atoms with Crippen molar-refractivity contribution >= 4 is 29.1 Å². The first-order valence-electron chi connectivity index (χ1n) is 6.19.